The number of anilines is 1. The maximum atomic E-state index is 4.29. The lowest BCUT2D eigenvalue weighted by atomic mass is 10.1. The average molecular weight is 366 g/mol. The van der Waals surface area contributed by atoms with Gasteiger partial charge in [-0.25, -0.2) is 0 Å². The monoisotopic (exact) mass is 365 g/mol. The van der Waals surface area contributed by atoms with Crippen LogP contribution in [0.4, 0.5) is 5.69 Å². The van der Waals surface area contributed by atoms with E-state index in [-0.39, 0.29) is 0 Å². The van der Waals surface area contributed by atoms with Gasteiger partial charge in [0.05, 0.1) is 6.20 Å². The van der Waals surface area contributed by atoms with E-state index in [2.05, 4.69) is 58.5 Å². The minimum Gasteiger partial charge on any atom is -0.378 e. The molecule has 0 aliphatic carbocycles. The highest BCUT2D eigenvalue weighted by atomic mass is 33.1. The van der Waals surface area contributed by atoms with Crippen molar-refractivity contribution in [2.45, 2.75) is 13.0 Å². The van der Waals surface area contributed by atoms with Crippen molar-refractivity contribution in [1.29, 1.82) is 0 Å². The van der Waals surface area contributed by atoms with Gasteiger partial charge >= 0.3 is 0 Å². The first-order valence-electron chi connectivity index (χ1n) is 8.13. The fraction of sp³-hybridized carbons (Fsp3) is 0.529. The van der Waals surface area contributed by atoms with Crippen molar-refractivity contribution in [3.05, 3.63) is 30.5 Å². The number of hydrogen-bond acceptors (Lipinski definition) is 6. The van der Waals surface area contributed by atoms with Gasteiger partial charge in [-0.05, 0) is 32.6 Å². The Labute approximate surface area is 153 Å². The summed E-state index contributed by atoms with van der Waals surface area (Å²) in [6.45, 7) is 2.06. The van der Waals surface area contributed by atoms with Crippen molar-refractivity contribution in [3.63, 3.8) is 0 Å². The molecule has 0 spiro atoms. The lowest BCUT2D eigenvalue weighted by molar-refractivity contribution is 0.438. The second-order valence-corrected chi connectivity index (χ2v) is 8.81. The van der Waals surface area contributed by atoms with Crippen LogP contribution in [0.15, 0.2) is 30.5 Å². The zero-order valence-electron chi connectivity index (χ0n) is 15.0. The molecular weight excluding hydrogens is 338 g/mol. The summed E-state index contributed by atoms with van der Waals surface area (Å²) in [7, 11) is 12.2. The Morgan fingerprint density at radius 1 is 1.00 bits per heavy atom. The summed E-state index contributed by atoms with van der Waals surface area (Å²) in [5.41, 5.74) is 3.24. The molecule has 7 heteroatoms. The van der Waals surface area contributed by atoms with Crippen LogP contribution in [0.1, 0.15) is 6.42 Å². The number of hydrogen-bond donors (Lipinski definition) is 0. The summed E-state index contributed by atoms with van der Waals surface area (Å²) in [5.74, 6) is 2.32. The van der Waals surface area contributed by atoms with E-state index in [1.54, 1.807) is 0 Å². The summed E-state index contributed by atoms with van der Waals surface area (Å²) in [4.78, 5) is 4.31. The van der Waals surface area contributed by atoms with Crippen LogP contribution in [0.25, 0.3) is 11.3 Å². The maximum absolute atomic E-state index is 4.29. The summed E-state index contributed by atoms with van der Waals surface area (Å²) in [5, 5.41) is 8.53. The van der Waals surface area contributed by atoms with Gasteiger partial charge in [0.1, 0.15) is 5.69 Å². The third-order valence-electron chi connectivity index (χ3n) is 3.54. The molecule has 0 bridgehead atoms. The van der Waals surface area contributed by atoms with Crippen LogP contribution in [-0.4, -0.2) is 66.1 Å². The highest BCUT2D eigenvalue weighted by molar-refractivity contribution is 8.76. The van der Waals surface area contributed by atoms with E-state index >= 15 is 0 Å². The Bertz CT molecular complexity index is 595. The summed E-state index contributed by atoms with van der Waals surface area (Å²) >= 11 is 0. The first kappa shape index (κ1) is 19.1. The smallest absolute Gasteiger partial charge is 0.113 e. The molecule has 0 aliphatic heterocycles. The molecule has 0 atom stereocenters. The summed E-state index contributed by atoms with van der Waals surface area (Å²) in [6, 6.07) is 8.41. The van der Waals surface area contributed by atoms with Crippen LogP contribution in [0.2, 0.25) is 0 Å². The maximum Gasteiger partial charge on any atom is 0.113 e. The van der Waals surface area contributed by atoms with E-state index in [1.807, 2.05) is 46.6 Å². The third kappa shape index (κ3) is 6.37. The number of rotatable bonds is 10. The second-order valence-electron chi connectivity index (χ2n) is 6.11. The molecule has 24 heavy (non-hydrogen) atoms. The molecule has 0 unspecified atom stereocenters. The summed E-state index contributed by atoms with van der Waals surface area (Å²) < 4.78 is 1.94. The van der Waals surface area contributed by atoms with Crippen molar-refractivity contribution in [2.75, 3.05) is 51.1 Å². The lowest BCUT2D eigenvalue weighted by Crippen LogP contribution is -2.14. The normalized spacial score (nSPS) is 11.2. The number of benzene rings is 1. The van der Waals surface area contributed by atoms with Gasteiger partial charge in [-0.15, -0.1) is 5.10 Å². The standard InChI is InChI=1S/C17H27N5S2/c1-20(2)11-13-24-23-12-5-10-22-14-17(18-19-22)15-6-8-16(9-7-15)21(3)4/h6-9,14H,5,10-13H2,1-4H3. The molecule has 1 heterocycles. The van der Waals surface area contributed by atoms with Gasteiger partial charge in [-0.1, -0.05) is 38.9 Å². The zero-order valence-corrected chi connectivity index (χ0v) is 16.6. The van der Waals surface area contributed by atoms with Crippen molar-refractivity contribution in [1.82, 2.24) is 19.9 Å². The quantitative estimate of drug-likeness (QED) is 0.475. The highest BCUT2D eigenvalue weighted by Gasteiger charge is 2.04. The lowest BCUT2D eigenvalue weighted by Gasteiger charge is -2.11. The Balaban J connectivity index is 1.73. The Kier molecular flexibility index (Phi) is 7.94. The Morgan fingerprint density at radius 2 is 1.71 bits per heavy atom. The first-order valence-corrected chi connectivity index (χ1v) is 10.6. The van der Waals surface area contributed by atoms with Crippen molar-refractivity contribution >= 4 is 27.3 Å². The molecule has 132 valence electrons. The molecule has 0 N–H and O–H groups in total. The number of aryl methyl sites for hydroxylation is 1. The van der Waals surface area contributed by atoms with Gasteiger partial charge in [-0.3, -0.25) is 4.68 Å². The van der Waals surface area contributed by atoms with Gasteiger partial charge in [-0.2, -0.15) is 0 Å². The SMILES string of the molecule is CN(C)CCSSCCCn1cc(-c2ccc(N(C)C)cc2)nn1. The minimum absolute atomic E-state index is 0.921. The van der Waals surface area contributed by atoms with Gasteiger partial charge in [0, 0.05) is 49.9 Å². The van der Waals surface area contributed by atoms with Crippen LogP contribution < -0.4 is 4.90 Å². The molecule has 0 aliphatic rings. The molecule has 2 rings (SSSR count). The molecule has 1 aromatic heterocycles. The Hall–Kier alpha value is -1.18. The molecule has 0 radical (unpaired) electrons. The fourth-order valence-electron chi connectivity index (χ4n) is 2.09. The van der Waals surface area contributed by atoms with E-state index in [0.717, 1.165) is 36.5 Å². The zero-order chi connectivity index (χ0) is 17.4. The molecular formula is C17H27N5S2. The number of aromatic nitrogens is 3. The average Bonchev–Trinajstić information content (AvgIpc) is 3.02. The van der Waals surface area contributed by atoms with Crippen molar-refractivity contribution in [3.8, 4) is 11.3 Å². The highest BCUT2D eigenvalue weighted by Crippen LogP contribution is 2.22. The molecule has 1 aromatic carbocycles. The second kappa shape index (κ2) is 9.96. The van der Waals surface area contributed by atoms with Gasteiger partial charge in [0.15, 0.2) is 0 Å². The predicted octanol–water partition coefficient (Wildman–Crippen LogP) is 3.34. The Morgan fingerprint density at radius 3 is 2.38 bits per heavy atom. The first-order chi connectivity index (χ1) is 11.6. The van der Waals surface area contributed by atoms with E-state index in [1.165, 1.54) is 11.4 Å². The van der Waals surface area contributed by atoms with E-state index < -0.39 is 0 Å². The van der Waals surface area contributed by atoms with E-state index in [4.69, 9.17) is 0 Å². The molecule has 0 saturated heterocycles. The fourth-order valence-corrected chi connectivity index (χ4v) is 4.30. The van der Waals surface area contributed by atoms with Gasteiger partial charge in [0.25, 0.3) is 0 Å². The van der Waals surface area contributed by atoms with Crippen LogP contribution in [0.5, 0.6) is 0 Å². The van der Waals surface area contributed by atoms with Gasteiger partial charge < -0.3 is 9.80 Å². The molecule has 0 saturated carbocycles. The minimum atomic E-state index is 0.921. The topological polar surface area (TPSA) is 37.2 Å². The van der Waals surface area contributed by atoms with Crippen LogP contribution in [0.3, 0.4) is 0 Å². The predicted molar refractivity (Wildman–Crippen MR) is 108 cm³/mol. The number of nitrogens with zero attached hydrogens (tertiary/aromatic N) is 5. The molecule has 0 fully saturated rings. The summed E-state index contributed by atoms with van der Waals surface area (Å²) in [6.07, 6.45) is 3.15. The third-order valence-corrected chi connectivity index (χ3v) is 6.01. The largest absolute Gasteiger partial charge is 0.378 e. The van der Waals surface area contributed by atoms with E-state index in [9.17, 15) is 0 Å². The molecule has 0 amide bonds. The van der Waals surface area contributed by atoms with Crippen molar-refractivity contribution in [2.24, 2.45) is 0 Å². The van der Waals surface area contributed by atoms with Crippen LogP contribution in [-0.2, 0) is 6.54 Å². The van der Waals surface area contributed by atoms with Crippen molar-refractivity contribution < 1.29 is 0 Å². The van der Waals surface area contributed by atoms with E-state index in [0.29, 0.717) is 0 Å². The van der Waals surface area contributed by atoms with Crippen LogP contribution in [0, 0.1) is 0 Å². The van der Waals surface area contributed by atoms with Gasteiger partial charge in [0.2, 0.25) is 0 Å². The molecule has 2 aromatic rings. The molecule has 5 nitrogen and oxygen atoms in total. The van der Waals surface area contributed by atoms with Crippen LogP contribution >= 0.6 is 21.6 Å².